The van der Waals surface area contributed by atoms with E-state index in [1.807, 2.05) is 20.8 Å². The number of nitrogens with one attached hydrogen (secondary N) is 1. The number of Topliss-reactive ketones (excluding diaryl/α,β-unsaturated/α-hetero) is 1. The van der Waals surface area contributed by atoms with Crippen LogP contribution in [-0.4, -0.2) is 53.1 Å². The van der Waals surface area contributed by atoms with E-state index < -0.39 is 35.2 Å². The Morgan fingerprint density at radius 1 is 1.17 bits per heavy atom. The number of likely N-dealkylation sites (tertiary alicyclic amines) is 1. The highest BCUT2D eigenvalue weighted by atomic mass is 16.2. The summed E-state index contributed by atoms with van der Waals surface area (Å²) in [6.45, 7) is 10.3. The summed E-state index contributed by atoms with van der Waals surface area (Å²) in [6.07, 6.45) is 3.45. The first-order valence-electron chi connectivity index (χ1n) is 11.0. The van der Waals surface area contributed by atoms with Crippen LogP contribution in [0, 0.1) is 28.6 Å². The Bertz CT molecular complexity index is 753. The van der Waals surface area contributed by atoms with Gasteiger partial charge in [0.15, 0.2) is 0 Å². The average Bonchev–Trinajstić information content (AvgIpc) is 2.95. The molecule has 8 nitrogen and oxygen atoms in total. The van der Waals surface area contributed by atoms with E-state index in [1.165, 1.54) is 0 Å². The second-order valence-corrected chi connectivity index (χ2v) is 11.1. The second kappa shape index (κ2) is 7.62. The molecule has 0 aromatic carbocycles. The van der Waals surface area contributed by atoms with Gasteiger partial charge in [0.2, 0.25) is 17.6 Å². The highest BCUT2D eigenvalue weighted by Crippen LogP contribution is 2.65. The predicted molar refractivity (Wildman–Crippen MR) is 112 cm³/mol. The summed E-state index contributed by atoms with van der Waals surface area (Å²) in [5.41, 5.74) is 10.9. The number of amides is 3. The Kier molecular flexibility index (Phi) is 5.77. The molecule has 168 valence electrons. The minimum Gasteiger partial charge on any atom is -0.363 e. The van der Waals surface area contributed by atoms with E-state index in [9.17, 15) is 19.2 Å². The molecule has 0 spiro atoms. The molecule has 0 bridgehead atoms. The van der Waals surface area contributed by atoms with Gasteiger partial charge in [-0.1, -0.05) is 53.9 Å². The second-order valence-electron chi connectivity index (χ2n) is 11.1. The molecule has 2 aliphatic carbocycles. The Balaban J connectivity index is 1.79. The lowest BCUT2D eigenvalue weighted by Crippen LogP contribution is -2.59. The maximum absolute atomic E-state index is 13.3. The molecule has 3 amide bonds. The first kappa shape index (κ1) is 22.7. The van der Waals surface area contributed by atoms with Crippen molar-refractivity contribution in [3.05, 3.63) is 0 Å². The fourth-order valence-electron chi connectivity index (χ4n) is 5.08. The van der Waals surface area contributed by atoms with Crippen molar-refractivity contribution >= 4 is 23.5 Å². The number of piperidine rings is 1. The van der Waals surface area contributed by atoms with Crippen LogP contribution < -0.4 is 16.8 Å². The van der Waals surface area contributed by atoms with E-state index in [1.54, 1.807) is 4.90 Å². The lowest BCUT2D eigenvalue weighted by molar-refractivity contribution is -0.144. The summed E-state index contributed by atoms with van der Waals surface area (Å²) in [4.78, 5) is 51.9. The summed E-state index contributed by atoms with van der Waals surface area (Å²) >= 11 is 0. The van der Waals surface area contributed by atoms with Crippen LogP contribution in [0.4, 0.5) is 0 Å². The zero-order chi connectivity index (χ0) is 22.6. The third-order valence-electron chi connectivity index (χ3n) is 7.63. The molecule has 3 aliphatic rings. The molecule has 0 aromatic heterocycles. The molecule has 1 heterocycles. The van der Waals surface area contributed by atoms with Crippen molar-refractivity contribution in [3.8, 4) is 0 Å². The Morgan fingerprint density at radius 2 is 1.77 bits per heavy atom. The largest absolute Gasteiger partial charge is 0.363 e. The van der Waals surface area contributed by atoms with Gasteiger partial charge in [0.1, 0.15) is 6.04 Å². The first-order chi connectivity index (χ1) is 13.8. The van der Waals surface area contributed by atoms with Gasteiger partial charge in [-0.05, 0) is 35.0 Å². The zero-order valence-electron chi connectivity index (χ0n) is 18.7. The molecule has 5 N–H and O–H groups in total. The third-order valence-corrected chi connectivity index (χ3v) is 7.63. The van der Waals surface area contributed by atoms with Gasteiger partial charge in [-0.2, -0.15) is 0 Å². The normalized spacial score (nSPS) is 29.4. The highest BCUT2D eigenvalue weighted by molar-refractivity contribution is 6.37. The fraction of sp³-hybridized carbons (Fsp3) is 0.818. The van der Waals surface area contributed by atoms with Crippen LogP contribution in [0.5, 0.6) is 0 Å². The summed E-state index contributed by atoms with van der Waals surface area (Å²) in [6, 6.07) is -2.35. The van der Waals surface area contributed by atoms with Crippen LogP contribution in [-0.2, 0) is 19.2 Å². The van der Waals surface area contributed by atoms with Crippen molar-refractivity contribution in [1.82, 2.24) is 10.2 Å². The van der Waals surface area contributed by atoms with Gasteiger partial charge in [0, 0.05) is 6.54 Å². The number of nitrogens with zero attached hydrogens (tertiary/aromatic N) is 1. The zero-order valence-corrected chi connectivity index (χ0v) is 18.7. The van der Waals surface area contributed by atoms with Crippen LogP contribution in [0.3, 0.4) is 0 Å². The van der Waals surface area contributed by atoms with Gasteiger partial charge < -0.3 is 21.7 Å². The number of carbonyl (C=O) groups is 4. The smallest absolute Gasteiger partial charge is 0.287 e. The highest BCUT2D eigenvalue weighted by Gasteiger charge is 2.69. The molecule has 30 heavy (non-hydrogen) atoms. The number of primary amides is 1. The number of carbonyl (C=O) groups excluding carboxylic acids is 4. The van der Waals surface area contributed by atoms with Gasteiger partial charge in [-0.25, -0.2) is 0 Å². The maximum atomic E-state index is 13.3. The summed E-state index contributed by atoms with van der Waals surface area (Å²) < 4.78 is 0. The van der Waals surface area contributed by atoms with Crippen molar-refractivity contribution in [2.24, 2.45) is 40.1 Å². The molecule has 1 saturated heterocycles. The fourth-order valence-corrected chi connectivity index (χ4v) is 5.08. The van der Waals surface area contributed by atoms with Crippen LogP contribution in [0.1, 0.15) is 60.3 Å². The number of hydrogen-bond acceptors (Lipinski definition) is 5. The monoisotopic (exact) mass is 420 g/mol. The van der Waals surface area contributed by atoms with Gasteiger partial charge in [-0.3, -0.25) is 19.2 Å². The van der Waals surface area contributed by atoms with Crippen LogP contribution >= 0.6 is 0 Å². The SMILES string of the molecule is CC(C)(C)[C@@H](N)C(=O)N1C[C@H]2[C@@H](C1C(=O)NC(CC1CCC1)C(=O)C(N)=O)C2(C)C. The first-order valence-corrected chi connectivity index (χ1v) is 11.0. The van der Waals surface area contributed by atoms with E-state index in [-0.39, 0.29) is 29.1 Å². The lowest BCUT2D eigenvalue weighted by atomic mass is 9.80. The number of nitrogens with two attached hydrogens (primary N) is 2. The maximum Gasteiger partial charge on any atom is 0.287 e. The van der Waals surface area contributed by atoms with Crippen LogP contribution in [0.15, 0.2) is 0 Å². The van der Waals surface area contributed by atoms with Crippen molar-refractivity contribution in [2.75, 3.05) is 6.54 Å². The summed E-state index contributed by atoms with van der Waals surface area (Å²) in [7, 11) is 0. The van der Waals surface area contributed by atoms with Gasteiger partial charge in [-0.15, -0.1) is 0 Å². The molecule has 2 saturated carbocycles. The minimum atomic E-state index is -1.04. The predicted octanol–water partition coefficient (Wildman–Crippen LogP) is 0.572. The number of rotatable bonds is 7. The van der Waals surface area contributed by atoms with Gasteiger partial charge in [0.25, 0.3) is 5.91 Å². The molecular weight excluding hydrogens is 384 g/mol. The van der Waals surface area contributed by atoms with Crippen molar-refractivity contribution < 1.29 is 19.2 Å². The van der Waals surface area contributed by atoms with E-state index in [0.29, 0.717) is 18.9 Å². The molecule has 3 rings (SSSR count). The quantitative estimate of drug-likeness (QED) is 0.518. The number of fused-ring (bicyclic) bond motifs is 1. The van der Waals surface area contributed by atoms with Gasteiger partial charge >= 0.3 is 0 Å². The van der Waals surface area contributed by atoms with E-state index in [0.717, 1.165) is 19.3 Å². The standard InChI is InChI=1S/C22H36N4O4/c1-21(2,3)17(23)20(30)26-10-12-14(22(12,4)5)15(26)19(29)25-13(16(27)18(24)28)9-11-7-6-8-11/h11-15,17H,6-10,23H2,1-5H3,(H2,24,28)(H,25,29)/t12-,13?,14-,15?,17-/m0/s1. The molecule has 2 unspecified atom stereocenters. The minimum absolute atomic E-state index is 0.0154. The van der Waals surface area contributed by atoms with Gasteiger partial charge in [0.05, 0.1) is 12.1 Å². The Morgan fingerprint density at radius 3 is 2.23 bits per heavy atom. The van der Waals surface area contributed by atoms with Crippen molar-refractivity contribution in [2.45, 2.75) is 78.4 Å². The third kappa shape index (κ3) is 3.98. The van der Waals surface area contributed by atoms with E-state index in [2.05, 4.69) is 19.2 Å². The van der Waals surface area contributed by atoms with Crippen LogP contribution in [0.2, 0.25) is 0 Å². The Labute approximate surface area is 178 Å². The molecular formula is C22H36N4O4. The molecule has 0 aromatic rings. The Hall–Kier alpha value is -1.96. The summed E-state index contributed by atoms with van der Waals surface area (Å²) in [5, 5.41) is 2.77. The average molecular weight is 421 g/mol. The van der Waals surface area contributed by atoms with Crippen LogP contribution in [0.25, 0.3) is 0 Å². The summed E-state index contributed by atoms with van der Waals surface area (Å²) in [5.74, 6) is -1.91. The molecule has 0 radical (unpaired) electrons. The number of hydrogen-bond donors (Lipinski definition) is 3. The van der Waals surface area contributed by atoms with Crippen molar-refractivity contribution in [3.63, 3.8) is 0 Å². The molecule has 1 aliphatic heterocycles. The van der Waals surface area contributed by atoms with E-state index >= 15 is 0 Å². The number of ketones is 1. The topological polar surface area (TPSA) is 136 Å². The molecule has 5 atom stereocenters. The van der Waals surface area contributed by atoms with E-state index in [4.69, 9.17) is 11.5 Å². The van der Waals surface area contributed by atoms with Crippen molar-refractivity contribution in [1.29, 1.82) is 0 Å². The molecule has 8 heteroatoms. The molecule has 3 fully saturated rings. The lowest BCUT2D eigenvalue weighted by Gasteiger charge is -2.36.